The summed E-state index contributed by atoms with van der Waals surface area (Å²) in [6, 6.07) is 0. The van der Waals surface area contributed by atoms with Crippen LogP contribution in [-0.2, 0) is 10.0 Å². The molecule has 16 heavy (non-hydrogen) atoms. The van der Waals surface area contributed by atoms with Gasteiger partial charge in [0.2, 0.25) is 10.0 Å². The summed E-state index contributed by atoms with van der Waals surface area (Å²) in [4.78, 5) is 0. The molecular formula is C11H24N2O2S. The van der Waals surface area contributed by atoms with Crippen LogP contribution in [0, 0.1) is 5.41 Å². The summed E-state index contributed by atoms with van der Waals surface area (Å²) in [6.45, 7) is 5.42. The third-order valence-corrected chi connectivity index (χ3v) is 5.04. The first-order valence-electron chi connectivity index (χ1n) is 6.00. The Kier molecular flexibility index (Phi) is 4.76. The number of sulfonamides is 1. The van der Waals surface area contributed by atoms with Gasteiger partial charge in [-0.1, -0.05) is 26.7 Å². The lowest BCUT2D eigenvalue weighted by molar-refractivity contribution is 0.350. The second-order valence-corrected chi connectivity index (χ2v) is 7.51. The van der Waals surface area contributed by atoms with Gasteiger partial charge < -0.3 is 5.32 Å². The standard InChI is InChI=1S/C11H24N2O2S/c1-11(2,8-12-3)9-13-16(14,15)10-6-4-5-7-10/h10,12-13H,4-9H2,1-3H3. The second-order valence-electron chi connectivity index (χ2n) is 5.47. The van der Waals surface area contributed by atoms with Gasteiger partial charge in [0.05, 0.1) is 5.25 Å². The highest BCUT2D eigenvalue weighted by molar-refractivity contribution is 7.90. The van der Waals surface area contributed by atoms with Crippen LogP contribution in [0.1, 0.15) is 39.5 Å². The second kappa shape index (κ2) is 5.47. The first-order valence-corrected chi connectivity index (χ1v) is 7.55. The average Bonchev–Trinajstić information content (AvgIpc) is 2.68. The van der Waals surface area contributed by atoms with Crippen molar-refractivity contribution in [2.24, 2.45) is 5.41 Å². The fourth-order valence-electron chi connectivity index (χ4n) is 2.15. The lowest BCUT2D eigenvalue weighted by Crippen LogP contribution is -2.42. The predicted octanol–water partition coefficient (Wildman–Crippen LogP) is 1.09. The molecule has 1 rings (SSSR count). The molecule has 1 aliphatic carbocycles. The van der Waals surface area contributed by atoms with Crippen LogP contribution in [0.25, 0.3) is 0 Å². The summed E-state index contributed by atoms with van der Waals surface area (Å²) in [5, 5.41) is 2.92. The van der Waals surface area contributed by atoms with Crippen molar-refractivity contribution in [3.05, 3.63) is 0 Å². The largest absolute Gasteiger partial charge is 0.319 e. The lowest BCUT2D eigenvalue weighted by atomic mass is 9.94. The van der Waals surface area contributed by atoms with E-state index in [9.17, 15) is 8.42 Å². The van der Waals surface area contributed by atoms with Crippen LogP contribution in [0.15, 0.2) is 0 Å². The SMILES string of the molecule is CNCC(C)(C)CNS(=O)(=O)C1CCCC1. The third-order valence-electron chi connectivity index (χ3n) is 3.15. The minimum Gasteiger partial charge on any atom is -0.319 e. The molecule has 96 valence electrons. The monoisotopic (exact) mass is 248 g/mol. The van der Waals surface area contributed by atoms with Gasteiger partial charge in [-0.25, -0.2) is 13.1 Å². The molecule has 0 aromatic rings. The lowest BCUT2D eigenvalue weighted by Gasteiger charge is -2.25. The molecule has 1 fully saturated rings. The van der Waals surface area contributed by atoms with E-state index in [0.29, 0.717) is 6.54 Å². The van der Waals surface area contributed by atoms with Crippen molar-refractivity contribution in [2.75, 3.05) is 20.1 Å². The predicted molar refractivity (Wildman–Crippen MR) is 66.9 cm³/mol. The van der Waals surface area contributed by atoms with E-state index in [4.69, 9.17) is 0 Å². The van der Waals surface area contributed by atoms with Gasteiger partial charge in [0, 0.05) is 13.1 Å². The highest BCUT2D eigenvalue weighted by atomic mass is 32.2. The molecule has 0 aliphatic heterocycles. The molecule has 2 N–H and O–H groups in total. The summed E-state index contributed by atoms with van der Waals surface area (Å²) in [5.41, 5.74) is -0.0412. The minimum atomic E-state index is -3.09. The van der Waals surface area contributed by atoms with Gasteiger partial charge in [-0.05, 0) is 25.3 Å². The van der Waals surface area contributed by atoms with Crippen LogP contribution < -0.4 is 10.0 Å². The van der Waals surface area contributed by atoms with Crippen molar-refractivity contribution in [3.63, 3.8) is 0 Å². The molecule has 0 saturated heterocycles. The Bertz CT molecular complexity index is 306. The summed E-state index contributed by atoms with van der Waals surface area (Å²) >= 11 is 0. The van der Waals surface area contributed by atoms with Gasteiger partial charge in [-0.15, -0.1) is 0 Å². The number of hydrogen-bond acceptors (Lipinski definition) is 3. The normalized spacial score (nSPS) is 19.2. The third kappa shape index (κ3) is 4.03. The van der Waals surface area contributed by atoms with Crippen LogP contribution >= 0.6 is 0 Å². The minimum absolute atomic E-state index is 0.0412. The van der Waals surface area contributed by atoms with E-state index in [2.05, 4.69) is 23.9 Å². The maximum Gasteiger partial charge on any atom is 0.214 e. The smallest absolute Gasteiger partial charge is 0.214 e. The van der Waals surface area contributed by atoms with Gasteiger partial charge in [0.1, 0.15) is 0 Å². The van der Waals surface area contributed by atoms with E-state index in [1.165, 1.54) is 0 Å². The first-order chi connectivity index (χ1) is 7.37. The van der Waals surface area contributed by atoms with Crippen molar-refractivity contribution in [1.82, 2.24) is 10.0 Å². The van der Waals surface area contributed by atoms with Crippen molar-refractivity contribution < 1.29 is 8.42 Å². The molecule has 0 unspecified atom stereocenters. The molecule has 1 saturated carbocycles. The fourth-order valence-corrected chi connectivity index (χ4v) is 3.94. The Hall–Kier alpha value is -0.130. The molecular weight excluding hydrogens is 224 g/mol. The molecule has 0 aromatic carbocycles. The summed E-state index contributed by atoms with van der Waals surface area (Å²) < 4.78 is 26.7. The van der Waals surface area contributed by atoms with E-state index in [1.54, 1.807) is 0 Å². The van der Waals surface area contributed by atoms with Crippen LogP contribution in [0.2, 0.25) is 0 Å². The maximum absolute atomic E-state index is 12.0. The number of nitrogens with one attached hydrogen (secondary N) is 2. The van der Waals surface area contributed by atoms with E-state index in [1.807, 2.05) is 7.05 Å². The van der Waals surface area contributed by atoms with E-state index < -0.39 is 10.0 Å². The topological polar surface area (TPSA) is 58.2 Å². The van der Waals surface area contributed by atoms with Crippen molar-refractivity contribution in [3.8, 4) is 0 Å². The van der Waals surface area contributed by atoms with Crippen LogP contribution in [0.3, 0.4) is 0 Å². The van der Waals surface area contributed by atoms with Crippen LogP contribution in [0.4, 0.5) is 0 Å². The Labute approximate surface area is 99.2 Å². The Morgan fingerprint density at radius 3 is 2.25 bits per heavy atom. The average molecular weight is 248 g/mol. The quantitative estimate of drug-likeness (QED) is 0.740. The molecule has 4 nitrogen and oxygen atoms in total. The number of rotatable bonds is 6. The molecule has 5 heteroatoms. The van der Waals surface area contributed by atoms with Gasteiger partial charge in [-0.3, -0.25) is 0 Å². The van der Waals surface area contributed by atoms with Crippen molar-refractivity contribution >= 4 is 10.0 Å². The number of hydrogen-bond donors (Lipinski definition) is 2. The fraction of sp³-hybridized carbons (Fsp3) is 1.00. The van der Waals surface area contributed by atoms with Crippen molar-refractivity contribution in [2.45, 2.75) is 44.8 Å². The highest BCUT2D eigenvalue weighted by Gasteiger charge is 2.30. The molecule has 1 aliphatic rings. The molecule has 0 atom stereocenters. The molecule has 0 heterocycles. The van der Waals surface area contributed by atoms with E-state index in [0.717, 1.165) is 32.2 Å². The zero-order valence-corrected chi connectivity index (χ0v) is 11.4. The van der Waals surface area contributed by atoms with Gasteiger partial charge in [0.25, 0.3) is 0 Å². The van der Waals surface area contributed by atoms with E-state index >= 15 is 0 Å². The first kappa shape index (κ1) is 13.9. The van der Waals surface area contributed by atoms with Gasteiger partial charge in [-0.2, -0.15) is 0 Å². The molecule has 0 amide bonds. The molecule has 0 aromatic heterocycles. The Morgan fingerprint density at radius 1 is 1.19 bits per heavy atom. The van der Waals surface area contributed by atoms with Crippen molar-refractivity contribution in [1.29, 1.82) is 0 Å². The molecule has 0 spiro atoms. The zero-order chi connectivity index (χ0) is 12.2. The molecule has 0 radical (unpaired) electrons. The van der Waals surface area contributed by atoms with Crippen LogP contribution in [0.5, 0.6) is 0 Å². The van der Waals surface area contributed by atoms with Crippen LogP contribution in [-0.4, -0.2) is 33.8 Å². The van der Waals surface area contributed by atoms with Gasteiger partial charge >= 0.3 is 0 Å². The zero-order valence-electron chi connectivity index (χ0n) is 10.5. The van der Waals surface area contributed by atoms with E-state index in [-0.39, 0.29) is 10.7 Å². The highest BCUT2D eigenvalue weighted by Crippen LogP contribution is 2.24. The Balaban J connectivity index is 2.47. The Morgan fingerprint density at radius 2 is 1.75 bits per heavy atom. The summed E-state index contributed by atoms with van der Waals surface area (Å²) in [6.07, 6.45) is 3.74. The summed E-state index contributed by atoms with van der Waals surface area (Å²) in [5.74, 6) is 0. The molecule has 0 bridgehead atoms. The maximum atomic E-state index is 12.0. The summed E-state index contributed by atoms with van der Waals surface area (Å²) in [7, 11) is -1.21. The van der Waals surface area contributed by atoms with Gasteiger partial charge in [0.15, 0.2) is 0 Å².